The average Bonchev–Trinajstić information content (AvgIpc) is 3.49. The van der Waals surface area contributed by atoms with Gasteiger partial charge in [-0.25, -0.2) is 13.4 Å². The van der Waals surface area contributed by atoms with E-state index in [1.165, 1.54) is 6.26 Å². The van der Waals surface area contributed by atoms with Crippen LogP contribution in [0.2, 0.25) is 0 Å². The highest BCUT2D eigenvalue weighted by Gasteiger charge is 2.32. The maximum Gasteiger partial charge on any atom is 0.272 e. The average molecular weight is 426 g/mol. The van der Waals surface area contributed by atoms with E-state index in [-0.39, 0.29) is 29.8 Å². The highest BCUT2D eigenvalue weighted by atomic mass is 32.2. The van der Waals surface area contributed by atoms with Crippen molar-refractivity contribution in [2.24, 2.45) is 0 Å². The Morgan fingerprint density at radius 1 is 1.23 bits per heavy atom. The van der Waals surface area contributed by atoms with Gasteiger partial charge in [0.05, 0.1) is 30.4 Å². The zero-order chi connectivity index (χ0) is 20.7. The Bertz CT molecular complexity index is 1290. The lowest BCUT2D eigenvalue weighted by Gasteiger charge is -2.11. The quantitative estimate of drug-likeness (QED) is 0.521. The van der Waals surface area contributed by atoms with E-state index in [0.717, 1.165) is 0 Å². The molecule has 1 atom stereocenters. The molecule has 1 aromatic carbocycles. The van der Waals surface area contributed by atoms with Gasteiger partial charge < -0.3 is 14.2 Å². The third-order valence-electron chi connectivity index (χ3n) is 5.03. The van der Waals surface area contributed by atoms with Crippen LogP contribution in [0, 0.1) is 0 Å². The number of fused-ring (bicyclic) bond motifs is 1. The number of para-hydroxylation sites is 2. The number of nitrogens with zero attached hydrogens (tertiary/aromatic N) is 3. The highest BCUT2D eigenvalue weighted by Crippen LogP contribution is 2.30. The minimum absolute atomic E-state index is 0.00759. The highest BCUT2D eigenvalue weighted by molar-refractivity contribution is 7.91. The summed E-state index contributed by atoms with van der Waals surface area (Å²) in [6.45, 7) is 0.105. The molecule has 1 unspecified atom stereocenters. The molecule has 0 radical (unpaired) electrons. The van der Waals surface area contributed by atoms with E-state index in [1.54, 1.807) is 28.9 Å². The zero-order valence-corrected chi connectivity index (χ0v) is 16.6. The van der Waals surface area contributed by atoms with Crippen molar-refractivity contribution >= 4 is 26.8 Å². The molecule has 1 aliphatic rings. The third-order valence-corrected chi connectivity index (χ3v) is 6.78. The van der Waals surface area contributed by atoms with Crippen LogP contribution in [0.3, 0.4) is 0 Å². The van der Waals surface area contributed by atoms with Crippen molar-refractivity contribution in [1.82, 2.24) is 20.1 Å². The van der Waals surface area contributed by atoms with Crippen LogP contribution in [-0.4, -0.2) is 40.6 Å². The van der Waals surface area contributed by atoms with Gasteiger partial charge in [0.1, 0.15) is 11.2 Å². The molecule has 9 nitrogen and oxygen atoms in total. The van der Waals surface area contributed by atoms with Gasteiger partial charge in [-0.1, -0.05) is 12.1 Å². The molecule has 1 amide bonds. The van der Waals surface area contributed by atoms with Gasteiger partial charge >= 0.3 is 0 Å². The summed E-state index contributed by atoms with van der Waals surface area (Å²) in [6.07, 6.45) is 1.97. The molecular weight excluding hydrogens is 408 g/mol. The van der Waals surface area contributed by atoms with Crippen molar-refractivity contribution < 1.29 is 22.0 Å². The molecular formula is C20H18N4O5S. The Balaban J connectivity index is 1.39. The second-order valence-corrected chi connectivity index (χ2v) is 9.38. The molecule has 0 saturated carbocycles. The van der Waals surface area contributed by atoms with Crippen molar-refractivity contribution in [2.75, 3.05) is 11.5 Å². The van der Waals surface area contributed by atoms with E-state index in [2.05, 4.69) is 15.4 Å². The zero-order valence-electron chi connectivity index (χ0n) is 15.8. The number of hydrogen-bond acceptors (Lipinski definition) is 7. The Morgan fingerprint density at radius 2 is 2.10 bits per heavy atom. The first-order chi connectivity index (χ1) is 14.5. The lowest BCUT2D eigenvalue weighted by molar-refractivity contribution is 0.0941. The van der Waals surface area contributed by atoms with E-state index in [9.17, 15) is 13.2 Å². The van der Waals surface area contributed by atoms with Crippen LogP contribution in [0.1, 0.15) is 28.8 Å². The van der Waals surface area contributed by atoms with Crippen LogP contribution in [-0.2, 0) is 16.4 Å². The summed E-state index contributed by atoms with van der Waals surface area (Å²) >= 11 is 0. The molecule has 1 N–H and O–H groups in total. The molecule has 3 aromatic heterocycles. The van der Waals surface area contributed by atoms with Gasteiger partial charge in [0.2, 0.25) is 5.89 Å². The molecule has 10 heteroatoms. The van der Waals surface area contributed by atoms with Gasteiger partial charge in [-0.05, 0) is 30.7 Å². The van der Waals surface area contributed by atoms with E-state index in [4.69, 9.17) is 8.83 Å². The van der Waals surface area contributed by atoms with Crippen LogP contribution in [0.15, 0.2) is 57.6 Å². The summed E-state index contributed by atoms with van der Waals surface area (Å²) in [6, 6.07) is 12.1. The Labute approximate surface area is 171 Å². The van der Waals surface area contributed by atoms with Crippen LogP contribution in [0.4, 0.5) is 0 Å². The van der Waals surface area contributed by atoms with Crippen molar-refractivity contribution in [3.05, 3.63) is 60.3 Å². The standard InChI is InChI=1S/C20H18N4O5S/c25-20(21-11-19-22-14-4-1-2-5-17(14)29-19)15-10-16(18-6-3-8-28-18)24(23-15)13-7-9-30(26,27)12-13/h1-6,8,10,13H,7,9,11-12H2,(H,21,25). The second kappa shape index (κ2) is 7.13. The fourth-order valence-electron chi connectivity index (χ4n) is 3.60. The number of carbonyl (C=O) groups is 1. The number of hydrogen-bond donors (Lipinski definition) is 1. The summed E-state index contributed by atoms with van der Waals surface area (Å²) in [4.78, 5) is 17.0. The molecule has 0 spiro atoms. The van der Waals surface area contributed by atoms with Crippen LogP contribution < -0.4 is 5.32 Å². The number of sulfone groups is 1. The van der Waals surface area contributed by atoms with Gasteiger partial charge in [0.25, 0.3) is 5.91 Å². The number of amides is 1. The monoisotopic (exact) mass is 426 g/mol. The summed E-state index contributed by atoms with van der Waals surface area (Å²) in [7, 11) is -3.11. The molecule has 0 aliphatic carbocycles. The SMILES string of the molecule is O=C(NCc1nc2ccccc2o1)c1cc(-c2ccco2)n(C2CCS(=O)(=O)C2)n1. The summed E-state index contributed by atoms with van der Waals surface area (Å²) in [5.74, 6) is 0.590. The smallest absolute Gasteiger partial charge is 0.272 e. The fourth-order valence-corrected chi connectivity index (χ4v) is 5.29. The van der Waals surface area contributed by atoms with Crippen LogP contribution in [0.25, 0.3) is 22.6 Å². The summed E-state index contributed by atoms with van der Waals surface area (Å²) < 4.78 is 36.5. The molecule has 154 valence electrons. The Kier molecular flexibility index (Phi) is 4.43. The third kappa shape index (κ3) is 3.50. The predicted molar refractivity (Wildman–Crippen MR) is 107 cm³/mol. The van der Waals surface area contributed by atoms with Crippen molar-refractivity contribution in [3.63, 3.8) is 0 Å². The van der Waals surface area contributed by atoms with E-state index < -0.39 is 15.7 Å². The molecule has 5 rings (SSSR count). The fraction of sp³-hybridized carbons (Fsp3) is 0.250. The number of aromatic nitrogens is 3. The van der Waals surface area contributed by atoms with Crippen LogP contribution in [0.5, 0.6) is 0 Å². The van der Waals surface area contributed by atoms with Gasteiger partial charge in [0.15, 0.2) is 26.9 Å². The van der Waals surface area contributed by atoms with Gasteiger partial charge in [-0.3, -0.25) is 9.48 Å². The molecule has 30 heavy (non-hydrogen) atoms. The van der Waals surface area contributed by atoms with E-state index >= 15 is 0 Å². The molecule has 1 saturated heterocycles. The largest absolute Gasteiger partial charge is 0.463 e. The predicted octanol–water partition coefficient (Wildman–Crippen LogP) is 2.57. The number of benzene rings is 1. The number of furan rings is 1. The van der Waals surface area contributed by atoms with Gasteiger partial charge in [0, 0.05) is 6.07 Å². The van der Waals surface area contributed by atoms with E-state index in [0.29, 0.717) is 34.9 Å². The number of carbonyl (C=O) groups excluding carboxylic acids is 1. The summed E-state index contributed by atoms with van der Waals surface area (Å²) in [5, 5.41) is 7.15. The first-order valence-corrected chi connectivity index (χ1v) is 11.3. The lowest BCUT2D eigenvalue weighted by Crippen LogP contribution is -2.24. The van der Waals surface area contributed by atoms with Crippen molar-refractivity contribution in [3.8, 4) is 11.5 Å². The maximum absolute atomic E-state index is 12.7. The Morgan fingerprint density at radius 3 is 2.83 bits per heavy atom. The minimum Gasteiger partial charge on any atom is -0.463 e. The first-order valence-electron chi connectivity index (χ1n) is 9.45. The molecule has 4 aromatic rings. The van der Waals surface area contributed by atoms with Crippen molar-refractivity contribution in [2.45, 2.75) is 19.0 Å². The van der Waals surface area contributed by atoms with Gasteiger partial charge in [-0.2, -0.15) is 5.10 Å². The minimum atomic E-state index is -3.11. The Hall–Kier alpha value is -3.40. The molecule has 4 heterocycles. The molecule has 0 bridgehead atoms. The number of nitrogens with one attached hydrogen (secondary N) is 1. The number of oxazole rings is 1. The number of rotatable bonds is 5. The topological polar surface area (TPSA) is 120 Å². The van der Waals surface area contributed by atoms with E-state index in [1.807, 2.05) is 18.2 Å². The summed E-state index contributed by atoms with van der Waals surface area (Å²) in [5.41, 5.74) is 2.10. The molecule has 1 aliphatic heterocycles. The maximum atomic E-state index is 12.7. The lowest BCUT2D eigenvalue weighted by atomic mass is 10.2. The van der Waals surface area contributed by atoms with Gasteiger partial charge in [-0.15, -0.1) is 0 Å². The first kappa shape index (κ1) is 18.6. The van der Waals surface area contributed by atoms with Crippen LogP contribution >= 0.6 is 0 Å². The normalized spacial score (nSPS) is 18.1. The molecule has 1 fully saturated rings. The second-order valence-electron chi connectivity index (χ2n) is 7.15. The van der Waals surface area contributed by atoms with Crippen molar-refractivity contribution in [1.29, 1.82) is 0 Å².